The Morgan fingerprint density at radius 2 is 1.92 bits per heavy atom. The standard InChI is InChI=1S/C28H44N2O8/c1-17(2)11-12-21-9-8-10-22(28(33)38-19(5)25(21)35-15-18(3)4)30-27(32)24-26(37-16-36-20(6)31)23(34-7)13-14-29-24/h13-14,17-19,21-22,25H,8-12,15-16H2,1-7H3,(H,30,32). The zero-order chi connectivity index (χ0) is 28.2. The molecule has 10 heteroatoms. The quantitative estimate of drug-likeness (QED) is 0.308. The van der Waals surface area contributed by atoms with E-state index in [1.54, 1.807) is 0 Å². The maximum Gasteiger partial charge on any atom is 0.329 e. The maximum absolute atomic E-state index is 13.2. The zero-order valence-corrected chi connectivity index (χ0v) is 23.8. The Balaban J connectivity index is 2.21. The monoisotopic (exact) mass is 536 g/mol. The number of methoxy groups -OCH3 is 1. The highest BCUT2D eigenvalue weighted by Crippen LogP contribution is 2.31. The normalized spacial score (nSPS) is 22.2. The van der Waals surface area contributed by atoms with Crippen LogP contribution < -0.4 is 14.8 Å². The summed E-state index contributed by atoms with van der Waals surface area (Å²) in [5.41, 5.74) is -0.0924. The predicted molar refractivity (Wildman–Crippen MR) is 141 cm³/mol. The fraction of sp³-hybridized carbons (Fsp3) is 0.714. The third kappa shape index (κ3) is 9.78. The van der Waals surface area contributed by atoms with Gasteiger partial charge < -0.3 is 29.0 Å². The smallest absolute Gasteiger partial charge is 0.329 e. The molecule has 214 valence electrons. The highest BCUT2D eigenvalue weighted by molar-refractivity contribution is 5.98. The maximum atomic E-state index is 13.2. The Hall–Kier alpha value is -2.88. The van der Waals surface area contributed by atoms with Gasteiger partial charge in [-0.25, -0.2) is 9.78 Å². The molecule has 0 aliphatic carbocycles. The van der Waals surface area contributed by atoms with Crippen molar-refractivity contribution in [1.82, 2.24) is 10.3 Å². The van der Waals surface area contributed by atoms with E-state index in [4.69, 9.17) is 23.7 Å². The molecule has 10 nitrogen and oxygen atoms in total. The van der Waals surface area contributed by atoms with Gasteiger partial charge in [0.2, 0.25) is 6.79 Å². The molecule has 1 amide bonds. The van der Waals surface area contributed by atoms with E-state index in [9.17, 15) is 14.4 Å². The lowest BCUT2D eigenvalue weighted by Crippen LogP contribution is -2.44. The number of hydrogen-bond acceptors (Lipinski definition) is 9. The number of hydrogen-bond donors (Lipinski definition) is 1. The van der Waals surface area contributed by atoms with Crippen molar-refractivity contribution >= 4 is 17.8 Å². The predicted octanol–water partition coefficient (Wildman–Crippen LogP) is 4.30. The number of esters is 2. The van der Waals surface area contributed by atoms with Crippen LogP contribution in [0.5, 0.6) is 11.5 Å². The Morgan fingerprint density at radius 1 is 1.18 bits per heavy atom. The second kappa shape index (κ2) is 15.5. The van der Waals surface area contributed by atoms with Crippen molar-refractivity contribution in [3.63, 3.8) is 0 Å². The Morgan fingerprint density at radius 3 is 2.55 bits per heavy atom. The number of ether oxygens (including phenoxy) is 5. The van der Waals surface area contributed by atoms with Crippen LogP contribution in [0.3, 0.4) is 0 Å². The first-order valence-corrected chi connectivity index (χ1v) is 13.5. The van der Waals surface area contributed by atoms with Gasteiger partial charge in [0, 0.05) is 25.8 Å². The number of carbonyl (C=O) groups is 3. The van der Waals surface area contributed by atoms with Gasteiger partial charge in [0.05, 0.1) is 13.2 Å². The van der Waals surface area contributed by atoms with Gasteiger partial charge in [0.15, 0.2) is 17.2 Å². The van der Waals surface area contributed by atoms with Crippen LogP contribution in [-0.2, 0) is 23.8 Å². The second-order valence-electron chi connectivity index (χ2n) is 10.6. The Kier molecular flexibility index (Phi) is 12.8. The third-order valence-electron chi connectivity index (χ3n) is 6.39. The van der Waals surface area contributed by atoms with Crippen molar-refractivity contribution in [2.75, 3.05) is 20.5 Å². The van der Waals surface area contributed by atoms with Crippen LogP contribution in [0.25, 0.3) is 0 Å². The summed E-state index contributed by atoms with van der Waals surface area (Å²) in [4.78, 5) is 41.7. The van der Waals surface area contributed by atoms with Crippen LogP contribution in [0.1, 0.15) is 84.1 Å². The van der Waals surface area contributed by atoms with Crippen molar-refractivity contribution in [3.8, 4) is 11.5 Å². The average Bonchev–Trinajstić information content (AvgIpc) is 2.89. The van der Waals surface area contributed by atoms with E-state index in [2.05, 4.69) is 38.0 Å². The van der Waals surface area contributed by atoms with Crippen LogP contribution in [0, 0.1) is 17.8 Å². The Labute approximate surface area is 226 Å². The zero-order valence-electron chi connectivity index (χ0n) is 23.8. The number of nitrogens with one attached hydrogen (secondary N) is 1. The SMILES string of the molecule is COc1ccnc(C(=O)NC2CCCC(CCC(C)C)C(OCC(C)C)C(C)OC2=O)c1OCOC(C)=O. The van der Waals surface area contributed by atoms with E-state index in [0.29, 0.717) is 24.9 Å². The van der Waals surface area contributed by atoms with Crippen LogP contribution in [-0.4, -0.2) is 61.6 Å². The molecule has 1 aromatic rings. The largest absolute Gasteiger partial charge is 0.493 e. The molecule has 0 saturated carbocycles. The highest BCUT2D eigenvalue weighted by Gasteiger charge is 2.35. The Bertz CT molecular complexity index is 920. The van der Waals surface area contributed by atoms with E-state index in [1.807, 2.05) is 6.92 Å². The number of aromatic nitrogens is 1. The minimum Gasteiger partial charge on any atom is -0.493 e. The van der Waals surface area contributed by atoms with Crippen molar-refractivity contribution < 1.29 is 38.1 Å². The van der Waals surface area contributed by atoms with Crippen molar-refractivity contribution in [3.05, 3.63) is 18.0 Å². The minimum absolute atomic E-state index is 0.00875. The van der Waals surface area contributed by atoms with Gasteiger partial charge in [-0.15, -0.1) is 0 Å². The van der Waals surface area contributed by atoms with Crippen LogP contribution in [0.4, 0.5) is 0 Å². The molecule has 0 spiro atoms. The molecule has 4 atom stereocenters. The minimum atomic E-state index is -0.867. The van der Waals surface area contributed by atoms with Crippen molar-refractivity contribution in [2.24, 2.45) is 17.8 Å². The summed E-state index contributed by atoms with van der Waals surface area (Å²) in [5, 5.41) is 2.76. The molecule has 0 bridgehead atoms. The fourth-order valence-corrected chi connectivity index (χ4v) is 4.43. The van der Waals surface area contributed by atoms with Crippen LogP contribution in [0.15, 0.2) is 12.3 Å². The molecule has 1 aromatic heterocycles. The van der Waals surface area contributed by atoms with E-state index in [-0.39, 0.29) is 29.2 Å². The van der Waals surface area contributed by atoms with E-state index in [1.165, 1.54) is 26.3 Å². The van der Waals surface area contributed by atoms with Gasteiger partial charge in [-0.1, -0.05) is 40.5 Å². The molecule has 1 aliphatic rings. The van der Waals surface area contributed by atoms with Gasteiger partial charge in [0.1, 0.15) is 12.1 Å². The molecular weight excluding hydrogens is 492 g/mol. The number of pyridine rings is 1. The number of nitrogens with zero attached hydrogens (tertiary/aromatic N) is 1. The van der Waals surface area contributed by atoms with Gasteiger partial charge in [-0.3, -0.25) is 9.59 Å². The fourth-order valence-electron chi connectivity index (χ4n) is 4.43. The van der Waals surface area contributed by atoms with E-state index < -0.39 is 36.8 Å². The van der Waals surface area contributed by atoms with Gasteiger partial charge in [0.25, 0.3) is 5.91 Å². The average molecular weight is 537 g/mol. The van der Waals surface area contributed by atoms with Gasteiger partial charge >= 0.3 is 11.9 Å². The lowest BCUT2D eigenvalue weighted by atomic mass is 9.86. The summed E-state index contributed by atoms with van der Waals surface area (Å²) in [6.45, 7) is 11.9. The van der Waals surface area contributed by atoms with Gasteiger partial charge in [-0.2, -0.15) is 0 Å². The molecule has 1 saturated heterocycles. The molecule has 4 unspecified atom stereocenters. The summed E-state index contributed by atoms with van der Waals surface area (Å²) in [7, 11) is 1.42. The molecule has 38 heavy (non-hydrogen) atoms. The van der Waals surface area contributed by atoms with E-state index in [0.717, 1.165) is 25.7 Å². The number of amides is 1. The molecule has 0 aromatic carbocycles. The molecule has 1 N–H and O–H groups in total. The summed E-state index contributed by atoms with van der Waals surface area (Å²) < 4.78 is 27.7. The summed E-state index contributed by atoms with van der Waals surface area (Å²) in [6, 6.07) is 0.651. The van der Waals surface area contributed by atoms with Crippen molar-refractivity contribution in [2.45, 2.75) is 91.9 Å². The topological polar surface area (TPSA) is 122 Å². The van der Waals surface area contributed by atoms with Crippen LogP contribution in [0.2, 0.25) is 0 Å². The molecule has 1 fully saturated rings. The lowest BCUT2D eigenvalue weighted by Gasteiger charge is -2.32. The molecule has 1 aliphatic heterocycles. The van der Waals surface area contributed by atoms with Crippen LogP contribution >= 0.6 is 0 Å². The first kappa shape index (κ1) is 31.3. The molecule has 2 heterocycles. The first-order valence-electron chi connectivity index (χ1n) is 13.5. The summed E-state index contributed by atoms with van der Waals surface area (Å²) in [5.74, 6) is -0.269. The lowest BCUT2D eigenvalue weighted by molar-refractivity contribution is -0.161. The second-order valence-corrected chi connectivity index (χ2v) is 10.6. The number of carbonyl (C=O) groups excluding carboxylic acids is 3. The third-order valence-corrected chi connectivity index (χ3v) is 6.39. The first-order chi connectivity index (χ1) is 18.0. The molecule has 0 radical (unpaired) electrons. The number of rotatable bonds is 12. The summed E-state index contributed by atoms with van der Waals surface area (Å²) >= 11 is 0. The summed E-state index contributed by atoms with van der Waals surface area (Å²) in [6.07, 6.45) is 4.76. The van der Waals surface area contributed by atoms with Crippen molar-refractivity contribution in [1.29, 1.82) is 0 Å². The molecular formula is C28H44N2O8. The van der Waals surface area contributed by atoms with E-state index >= 15 is 0 Å². The number of cyclic esters (lactones) is 1. The van der Waals surface area contributed by atoms with Gasteiger partial charge in [-0.05, 0) is 43.9 Å². The molecule has 2 rings (SSSR count). The highest BCUT2D eigenvalue weighted by atomic mass is 16.7.